The van der Waals surface area contributed by atoms with Crippen LogP contribution in [-0.2, 0) is 14.4 Å². The van der Waals surface area contributed by atoms with E-state index in [0.717, 1.165) is 12.3 Å². The number of amides is 1. The number of hydrogen-bond donors (Lipinski definition) is 1. The highest BCUT2D eigenvalue weighted by atomic mass is 19.1. The van der Waals surface area contributed by atoms with E-state index in [-0.39, 0.29) is 42.1 Å². The van der Waals surface area contributed by atoms with Crippen LogP contribution in [0.4, 0.5) is 8.78 Å². The van der Waals surface area contributed by atoms with Crippen molar-refractivity contribution in [2.45, 2.75) is 45.6 Å². The van der Waals surface area contributed by atoms with Crippen LogP contribution in [0.1, 0.15) is 42.4 Å². The largest absolute Gasteiger partial charge is 0.350 e. The average molecular weight is 426 g/mol. The number of hydrogen-bond acceptors (Lipinski definition) is 4. The molecule has 0 spiro atoms. The number of aryl methyl sites for hydroxylation is 2. The summed E-state index contributed by atoms with van der Waals surface area (Å²) in [6.45, 7) is 8.84. The van der Waals surface area contributed by atoms with Gasteiger partial charge in [-0.3, -0.25) is 19.4 Å². The Bertz CT molecular complexity index is 1060. The Kier molecular flexibility index (Phi) is 6.43. The second-order valence-corrected chi connectivity index (χ2v) is 8.01. The highest BCUT2D eigenvalue weighted by molar-refractivity contribution is 6.15. The van der Waals surface area contributed by atoms with Crippen molar-refractivity contribution < 1.29 is 23.2 Å². The van der Waals surface area contributed by atoms with E-state index >= 15 is 0 Å². The molecule has 31 heavy (non-hydrogen) atoms. The van der Waals surface area contributed by atoms with Crippen molar-refractivity contribution in [2.24, 2.45) is 5.92 Å². The fourth-order valence-corrected chi connectivity index (χ4v) is 4.12. The molecule has 0 radical (unpaired) electrons. The van der Waals surface area contributed by atoms with Gasteiger partial charge in [0.2, 0.25) is 5.91 Å². The van der Waals surface area contributed by atoms with Gasteiger partial charge in [-0.05, 0) is 49.6 Å². The van der Waals surface area contributed by atoms with Crippen molar-refractivity contribution in [3.8, 4) is 11.3 Å². The van der Waals surface area contributed by atoms with E-state index in [0.29, 0.717) is 22.3 Å². The van der Waals surface area contributed by atoms with Gasteiger partial charge in [0.25, 0.3) is 0 Å². The molecule has 1 aliphatic rings. The summed E-state index contributed by atoms with van der Waals surface area (Å²) in [6, 6.07) is 3.80. The number of aromatic nitrogens is 1. The van der Waals surface area contributed by atoms with Crippen molar-refractivity contribution in [1.82, 2.24) is 10.3 Å². The molecule has 3 rings (SSSR count). The summed E-state index contributed by atoms with van der Waals surface area (Å²) in [5.41, 5.74) is 2.27. The van der Waals surface area contributed by atoms with E-state index in [1.807, 2.05) is 0 Å². The summed E-state index contributed by atoms with van der Waals surface area (Å²) in [5, 5.41) is 2.71. The van der Waals surface area contributed by atoms with Gasteiger partial charge in [0.15, 0.2) is 11.6 Å². The minimum atomic E-state index is -0.949. The topological polar surface area (TPSA) is 76.1 Å². The molecule has 1 heterocycles. The Balaban J connectivity index is 1.88. The Labute approximate surface area is 179 Å². The van der Waals surface area contributed by atoms with Gasteiger partial charge in [-0.2, -0.15) is 0 Å². The Morgan fingerprint density at radius 3 is 2.48 bits per heavy atom. The smallest absolute Gasteiger partial charge is 0.221 e. The molecule has 1 aliphatic carbocycles. The second kappa shape index (κ2) is 8.88. The first kappa shape index (κ1) is 22.5. The number of Topliss-reactive ketones (excluding diaryl/α,β-unsaturated/α-hetero) is 2. The van der Waals surface area contributed by atoms with Crippen molar-refractivity contribution >= 4 is 17.5 Å². The molecule has 0 bridgehead atoms. The molecule has 0 saturated heterocycles. The van der Waals surface area contributed by atoms with Crippen molar-refractivity contribution in [3.05, 3.63) is 65.4 Å². The van der Waals surface area contributed by atoms with Crippen LogP contribution in [0, 0.1) is 31.4 Å². The molecular weight excluding hydrogens is 402 g/mol. The molecule has 1 aromatic heterocycles. The lowest BCUT2D eigenvalue weighted by atomic mass is 9.85. The van der Waals surface area contributed by atoms with Crippen LogP contribution >= 0.6 is 0 Å². The van der Waals surface area contributed by atoms with Crippen LogP contribution in [0.5, 0.6) is 0 Å². The number of rotatable bonds is 6. The maximum Gasteiger partial charge on any atom is 0.221 e. The number of nitrogens with one attached hydrogen (secondary N) is 1. The molecule has 1 N–H and O–H groups in total. The lowest BCUT2D eigenvalue weighted by Crippen LogP contribution is -2.33. The van der Waals surface area contributed by atoms with E-state index in [4.69, 9.17) is 0 Å². The van der Waals surface area contributed by atoms with Crippen LogP contribution in [0.3, 0.4) is 0 Å². The molecule has 5 nitrogen and oxygen atoms in total. The molecule has 3 atom stereocenters. The quantitative estimate of drug-likeness (QED) is 0.560. The third-order valence-corrected chi connectivity index (χ3v) is 5.59. The summed E-state index contributed by atoms with van der Waals surface area (Å²) in [4.78, 5) is 41.7. The minimum absolute atomic E-state index is 0.00545. The Hall–Kier alpha value is -3.22. The summed E-state index contributed by atoms with van der Waals surface area (Å²) < 4.78 is 27.3. The van der Waals surface area contributed by atoms with Gasteiger partial charge in [-0.1, -0.05) is 6.08 Å². The standard InChI is InChI=1S/C24H24F2N2O3/c1-5-14(4)28-20(30)9-16-8-19(29)22(24(16)31)21-12(2)6-15(7-13(21)3)23-18(26)10-17(25)11-27-23/h5-7,10-11,14,16,22H,1,8-9H2,2-4H3,(H,28,30). The predicted octanol–water partition coefficient (Wildman–Crippen LogP) is 3.97. The number of carbonyl (C=O) groups excluding carboxylic acids is 3. The second-order valence-electron chi connectivity index (χ2n) is 8.01. The highest BCUT2D eigenvalue weighted by Gasteiger charge is 2.43. The SMILES string of the molecule is C=CC(C)NC(=O)CC1CC(=O)C(c2c(C)cc(-c3ncc(F)cc3F)cc2C)C1=O. The van der Waals surface area contributed by atoms with Crippen LogP contribution in [0.25, 0.3) is 11.3 Å². The van der Waals surface area contributed by atoms with Crippen molar-refractivity contribution in [1.29, 1.82) is 0 Å². The van der Waals surface area contributed by atoms with Crippen LogP contribution in [0.2, 0.25) is 0 Å². The number of halogens is 2. The minimum Gasteiger partial charge on any atom is -0.350 e. The third-order valence-electron chi connectivity index (χ3n) is 5.59. The summed E-state index contributed by atoms with van der Waals surface area (Å²) >= 11 is 0. The molecule has 1 saturated carbocycles. The first-order valence-corrected chi connectivity index (χ1v) is 10.0. The Morgan fingerprint density at radius 1 is 1.26 bits per heavy atom. The molecule has 1 fully saturated rings. The van der Waals surface area contributed by atoms with Gasteiger partial charge in [-0.15, -0.1) is 6.58 Å². The van der Waals surface area contributed by atoms with Gasteiger partial charge in [0.1, 0.15) is 23.2 Å². The number of ketones is 2. The maximum absolute atomic E-state index is 14.2. The fraction of sp³-hybridized carbons (Fsp3) is 0.333. The number of benzene rings is 1. The monoisotopic (exact) mass is 426 g/mol. The normalized spacial score (nSPS) is 19.4. The summed E-state index contributed by atoms with van der Waals surface area (Å²) in [5.74, 6) is -4.01. The van der Waals surface area contributed by atoms with Gasteiger partial charge in [0, 0.05) is 36.4 Å². The first-order chi connectivity index (χ1) is 14.6. The molecular formula is C24H24F2N2O3. The van der Waals surface area contributed by atoms with Crippen molar-refractivity contribution in [3.63, 3.8) is 0 Å². The zero-order valence-corrected chi connectivity index (χ0v) is 17.7. The van der Waals surface area contributed by atoms with E-state index in [1.165, 1.54) is 0 Å². The zero-order valence-electron chi connectivity index (χ0n) is 17.7. The number of pyridine rings is 1. The average Bonchev–Trinajstić information content (AvgIpc) is 2.94. The van der Waals surface area contributed by atoms with E-state index < -0.39 is 23.5 Å². The summed E-state index contributed by atoms with van der Waals surface area (Å²) in [6.07, 6.45) is 2.47. The molecule has 1 aromatic carbocycles. The zero-order chi connectivity index (χ0) is 22.9. The van der Waals surface area contributed by atoms with E-state index in [1.54, 1.807) is 39.0 Å². The van der Waals surface area contributed by atoms with Crippen LogP contribution < -0.4 is 5.32 Å². The van der Waals surface area contributed by atoms with Crippen LogP contribution in [0.15, 0.2) is 37.1 Å². The molecule has 3 unspecified atom stereocenters. The first-order valence-electron chi connectivity index (χ1n) is 10.0. The van der Waals surface area contributed by atoms with Gasteiger partial charge in [0.05, 0.1) is 6.20 Å². The van der Waals surface area contributed by atoms with E-state index in [2.05, 4.69) is 16.9 Å². The van der Waals surface area contributed by atoms with Gasteiger partial charge < -0.3 is 5.32 Å². The van der Waals surface area contributed by atoms with Crippen LogP contribution in [-0.4, -0.2) is 28.5 Å². The molecule has 2 aromatic rings. The third kappa shape index (κ3) is 4.60. The maximum atomic E-state index is 14.2. The summed E-state index contributed by atoms with van der Waals surface area (Å²) in [7, 11) is 0. The fourth-order valence-electron chi connectivity index (χ4n) is 4.12. The van der Waals surface area contributed by atoms with Gasteiger partial charge >= 0.3 is 0 Å². The number of carbonyl (C=O) groups is 3. The number of nitrogens with zero attached hydrogens (tertiary/aromatic N) is 1. The highest BCUT2D eigenvalue weighted by Crippen LogP contribution is 2.38. The lowest BCUT2D eigenvalue weighted by molar-refractivity contribution is -0.128. The molecule has 1 amide bonds. The molecule has 162 valence electrons. The lowest BCUT2D eigenvalue weighted by Gasteiger charge is -2.17. The van der Waals surface area contributed by atoms with Crippen molar-refractivity contribution in [2.75, 3.05) is 0 Å². The van der Waals surface area contributed by atoms with Gasteiger partial charge in [-0.25, -0.2) is 8.78 Å². The Morgan fingerprint density at radius 2 is 1.90 bits per heavy atom. The van der Waals surface area contributed by atoms with E-state index in [9.17, 15) is 23.2 Å². The predicted molar refractivity (Wildman–Crippen MR) is 112 cm³/mol. The molecule has 7 heteroatoms. The molecule has 0 aliphatic heterocycles.